The van der Waals surface area contributed by atoms with Crippen molar-refractivity contribution in [2.75, 3.05) is 19.6 Å². The van der Waals surface area contributed by atoms with E-state index in [0.717, 1.165) is 19.4 Å². The molecule has 5 heteroatoms. The highest BCUT2D eigenvalue weighted by molar-refractivity contribution is 5.78. The van der Waals surface area contributed by atoms with E-state index in [-0.39, 0.29) is 30.2 Å². The van der Waals surface area contributed by atoms with E-state index < -0.39 is 5.97 Å². The lowest BCUT2D eigenvalue weighted by Crippen LogP contribution is -2.52. The van der Waals surface area contributed by atoms with Crippen molar-refractivity contribution in [2.45, 2.75) is 46.1 Å². The highest BCUT2D eigenvalue weighted by atomic mass is 16.4. The number of likely N-dealkylation sites (tertiary alicyclic amines) is 1. The van der Waals surface area contributed by atoms with Crippen molar-refractivity contribution in [1.29, 1.82) is 0 Å². The number of carboxylic acids is 1. The molecule has 1 aliphatic rings. The normalized spacial score (nSPS) is 23.7. The molecule has 110 valence electrons. The molecule has 1 rings (SSSR count). The molecule has 0 aromatic carbocycles. The molecule has 0 aromatic rings. The van der Waals surface area contributed by atoms with Crippen molar-refractivity contribution in [3.63, 3.8) is 0 Å². The zero-order valence-corrected chi connectivity index (χ0v) is 12.2. The maximum atomic E-state index is 12.1. The van der Waals surface area contributed by atoms with Crippen molar-refractivity contribution in [2.24, 2.45) is 11.8 Å². The minimum absolute atomic E-state index is 0.0320. The topological polar surface area (TPSA) is 69.6 Å². The molecule has 1 heterocycles. The van der Waals surface area contributed by atoms with Gasteiger partial charge in [-0.05, 0) is 25.3 Å². The summed E-state index contributed by atoms with van der Waals surface area (Å²) in [7, 11) is 0. The van der Waals surface area contributed by atoms with E-state index in [2.05, 4.69) is 12.2 Å². The van der Waals surface area contributed by atoms with Gasteiger partial charge in [-0.15, -0.1) is 0 Å². The number of nitrogens with one attached hydrogen (secondary N) is 1. The van der Waals surface area contributed by atoms with Gasteiger partial charge in [-0.1, -0.05) is 20.8 Å². The molecule has 1 saturated heterocycles. The van der Waals surface area contributed by atoms with E-state index in [4.69, 9.17) is 5.11 Å². The molecular weight excluding hydrogens is 244 g/mol. The molecule has 0 saturated carbocycles. The van der Waals surface area contributed by atoms with Gasteiger partial charge in [0.1, 0.15) is 0 Å². The third kappa shape index (κ3) is 5.19. The second-order valence-electron chi connectivity index (χ2n) is 5.75. The van der Waals surface area contributed by atoms with Gasteiger partial charge in [-0.25, -0.2) is 0 Å². The van der Waals surface area contributed by atoms with Crippen LogP contribution in [0.1, 0.15) is 40.0 Å². The van der Waals surface area contributed by atoms with Gasteiger partial charge in [0.15, 0.2) is 0 Å². The molecule has 1 aliphatic heterocycles. The number of aliphatic carboxylic acids is 1. The van der Waals surface area contributed by atoms with Crippen LogP contribution in [0.15, 0.2) is 0 Å². The Morgan fingerprint density at radius 1 is 1.37 bits per heavy atom. The van der Waals surface area contributed by atoms with Gasteiger partial charge in [-0.2, -0.15) is 0 Å². The van der Waals surface area contributed by atoms with E-state index in [1.54, 1.807) is 0 Å². The second kappa shape index (κ2) is 7.48. The maximum absolute atomic E-state index is 12.1. The summed E-state index contributed by atoms with van der Waals surface area (Å²) in [5.74, 6) is -0.629. The predicted octanol–water partition coefficient (Wildman–Crippen LogP) is 1.33. The molecule has 19 heavy (non-hydrogen) atoms. The summed E-state index contributed by atoms with van der Waals surface area (Å²) in [6.07, 6.45) is 2.03. The van der Waals surface area contributed by atoms with Crippen molar-refractivity contribution in [1.82, 2.24) is 10.2 Å². The first kappa shape index (κ1) is 16.0. The van der Waals surface area contributed by atoms with Crippen LogP contribution in [0.25, 0.3) is 0 Å². The number of amides is 1. The Morgan fingerprint density at radius 2 is 2.05 bits per heavy atom. The minimum Gasteiger partial charge on any atom is -0.481 e. The Kier molecular flexibility index (Phi) is 6.28. The molecule has 2 N–H and O–H groups in total. The fraction of sp³-hybridized carbons (Fsp3) is 0.857. The summed E-state index contributed by atoms with van der Waals surface area (Å²) in [6, 6.07) is 0.223. The number of carboxylic acid groups (broad SMARTS) is 1. The Hall–Kier alpha value is -1.10. The third-order valence-electron chi connectivity index (χ3n) is 3.49. The number of nitrogens with zero attached hydrogens (tertiary/aromatic N) is 1. The Labute approximate surface area is 115 Å². The lowest BCUT2D eigenvalue weighted by atomic mass is 9.90. The van der Waals surface area contributed by atoms with E-state index >= 15 is 0 Å². The Balaban J connectivity index is 2.65. The van der Waals surface area contributed by atoms with Crippen molar-refractivity contribution in [3.05, 3.63) is 0 Å². The first-order valence-electron chi connectivity index (χ1n) is 7.18. The zero-order valence-electron chi connectivity index (χ0n) is 12.2. The third-order valence-corrected chi connectivity index (χ3v) is 3.49. The van der Waals surface area contributed by atoms with Gasteiger partial charge >= 0.3 is 5.97 Å². The van der Waals surface area contributed by atoms with E-state index in [9.17, 15) is 9.59 Å². The fourth-order valence-electron chi connectivity index (χ4n) is 2.64. The first-order valence-corrected chi connectivity index (χ1v) is 7.18. The quantitative estimate of drug-likeness (QED) is 0.764. The number of rotatable bonds is 6. The first-order chi connectivity index (χ1) is 8.93. The number of carbonyl (C=O) groups is 2. The van der Waals surface area contributed by atoms with Crippen LogP contribution in [-0.2, 0) is 9.59 Å². The summed E-state index contributed by atoms with van der Waals surface area (Å²) >= 11 is 0. The van der Waals surface area contributed by atoms with Crippen LogP contribution < -0.4 is 5.32 Å². The SMILES string of the molecule is CCCNC1CC(CC(=O)O)CN(C(=O)C(C)C)C1. The summed E-state index contributed by atoms with van der Waals surface area (Å²) in [5.41, 5.74) is 0. The van der Waals surface area contributed by atoms with E-state index in [1.807, 2.05) is 18.7 Å². The second-order valence-corrected chi connectivity index (χ2v) is 5.75. The molecular formula is C14H26N2O3. The maximum Gasteiger partial charge on any atom is 0.303 e. The number of hydrogen-bond acceptors (Lipinski definition) is 3. The van der Waals surface area contributed by atoms with Crippen LogP contribution in [0.5, 0.6) is 0 Å². The van der Waals surface area contributed by atoms with E-state index in [0.29, 0.717) is 13.1 Å². The molecule has 1 fully saturated rings. The number of piperidine rings is 1. The van der Waals surface area contributed by atoms with Crippen LogP contribution in [-0.4, -0.2) is 47.6 Å². The van der Waals surface area contributed by atoms with Gasteiger partial charge < -0.3 is 15.3 Å². The van der Waals surface area contributed by atoms with Crippen molar-refractivity contribution >= 4 is 11.9 Å². The van der Waals surface area contributed by atoms with Crippen molar-refractivity contribution in [3.8, 4) is 0 Å². The molecule has 0 radical (unpaired) electrons. The largest absolute Gasteiger partial charge is 0.481 e. The molecule has 1 amide bonds. The van der Waals surface area contributed by atoms with Gasteiger partial charge in [0.05, 0.1) is 0 Å². The average Bonchev–Trinajstić information content (AvgIpc) is 2.34. The summed E-state index contributed by atoms with van der Waals surface area (Å²) < 4.78 is 0. The van der Waals surface area contributed by atoms with Crippen LogP contribution in [0.2, 0.25) is 0 Å². The average molecular weight is 270 g/mol. The lowest BCUT2D eigenvalue weighted by molar-refractivity contribution is -0.142. The predicted molar refractivity (Wildman–Crippen MR) is 73.9 cm³/mol. The standard InChI is InChI=1S/C14H26N2O3/c1-4-5-15-12-6-11(7-13(17)18)8-16(9-12)14(19)10(2)3/h10-12,15H,4-9H2,1-3H3,(H,17,18). The lowest BCUT2D eigenvalue weighted by Gasteiger charge is -2.38. The molecule has 0 bridgehead atoms. The molecule has 0 aliphatic carbocycles. The van der Waals surface area contributed by atoms with Gasteiger partial charge in [0.25, 0.3) is 0 Å². The Bertz CT molecular complexity index is 318. The Morgan fingerprint density at radius 3 is 2.58 bits per heavy atom. The molecule has 2 atom stereocenters. The smallest absolute Gasteiger partial charge is 0.303 e. The molecule has 0 aromatic heterocycles. The van der Waals surface area contributed by atoms with Crippen LogP contribution in [0, 0.1) is 11.8 Å². The molecule has 5 nitrogen and oxygen atoms in total. The van der Waals surface area contributed by atoms with Gasteiger partial charge in [-0.3, -0.25) is 9.59 Å². The van der Waals surface area contributed by atoms with Crippen molar-refractivity contribution < 1.29 is 14.7 Å². The number of hydrogen-bond donors (Lipinski definition) is 2. The van der Waals surface area contributed by atoms with Crippen LogP contribution in [0.4, 0.5) is 0 Å². The van der Waals surface area contributed by atoms with Gasteiger partial charge in [0, 0.05) is 31.5 Å². The fourth-order valence-corrected chi connectivity index (χ4v) is 2.64. The molecule has 2 unspecified atom stereocenters. The van der Waals surface area contributed by atoms with E-state index in [1.165, 1.54) is 0 Å². The summed E-state index contributed by atoms with van der Waals surface area (Å²) in [6.45, 7) is 8.06. The minimum atomic E-state index is -0.780. The molecule has 0 spiro atoms. The zero-order chi connectivity index (χ0) is 14.4. The van der Waals surface area contributed by atoms with Gasteiger partial charge in [0.2, 0.25) is 5.91 Å². The van der Waals surface area contributed by atoms with Crippen LogP contribution >= 0.6 is 0 Å². The highest BCUT2D eigenvalue weighted by Crippen LogP contribution is 2.21. The summed E-state index contributed by atoms with van der Waals surface area (Å²) in [5, 5.41) is 12.3. The summed E-state index contributed by atoms with van der Waals surface area (Å²) in [4.78, 5) is 24.8. The monoisotopic (exact) mass is 270 g/mol. The highest BCUT2D eigenvalue weighted by Gasteiger charge is 2.31. The number of carbonyl (C=O) groups excluding carboxylic acids is 1. The van der Waals surface area contributed by atoms with Crippen LogP contribution in [0.3, 0.4) is 0 Å².